The number of anilines is 1. The van der Waals surface area contributed by atoms with Crippen LogP contribution >= 0.6 is 12.4 Å². The number of nitrogens with two attached hydrogens (primary N) is 1. The molecule has 1 aromatic carbocycles. The number of likely N-dealkylation sites (N-methyl/N-ethyl adjacent to an activating group) is 1. The Hall–Kier alpha value is -3.08. The lowest BCUT2D eigenvalue weighted by Crippen LogP contribution is -2.63. The summed E-state index contributed by atoms with van der Waals surface area (Å²) in [6.07, 6.45) is 0.333. The van der Waals surface area contributed by atoms with Crippen molar-refractivity contribution in [2.75, 3.05) is 32.6 Å². The van der Waals surface area contributed by atoms with Gasteiger partial charge in [0.1, 0.15) is 22.8 Å². The van der Waals surface area contributed by atoms with E-state index >= 15 is 0 Å². The fourth-order valence-corrected chi connectivity index (χ4v) is 5.76. The first kappa shape index (κ1) is 26.5. The van der Waals surface area contributed by atoms with E-state index in [1.54, 1.807) is 20.2 Å². The summed E-state index contributed by atoms with van der Waals surface area (Å²) in [4.78, 5) is 42.3. The average molecular weight is 508 g/mol. The van der Waals surface area contributed by atoms with Gasteiger partial charge >= 0.3 is 0 Å². The zero-order valence-corrected chi connectivity index (χ0v) is 20.7. The predicted octanol–water partition coefficient (Wildman–Crippen LogP) is 0.998. The lowest BCUT2D eigenvalue weighted by atomic mass is 9.58. The van der Waals surface area contributed by atoms with E-state index < -0.39 is 58.0 Å². The number of primary amides is 1. The SMILES string of the molecule is CCN(C)c1ccc(O)c2c1CC1CC3[C@H](N(C)C)C(O)=C(C(N)=O)C(=O)C3(O)C(O)=C1C2=O.Cl. The van der Waals surface area contributed by atoms with E-state index in [4.69, 9.17) is 5.73 Å². The van der Waals surface area contributed by atoms with E-state index in [9.17, 15) is 34.8 Å². The van der Waals surface area contributed by atoms with Gasteiger partial charge in [0.25, 0.3) is 5.91 Å². The summed E-state index contributed by atoms with van der Waals surface area (Å²) in [5, 5.41) is 44.1. The Bertz CT molecular complexity index is 1190. The summed E-state index contributed by atoms with van der Waals surface area (Å²) in [7, 11) is 5.05. The Morgan fingerprint density at radius 2 is 1.80 bits per heavy atom. The second-order valence-corrected chi connectivity index (χ2v) is 9.43. The van der Waals surface area contributed by atoms with Crippen molar-refractivity contribution in [2.24, 2.45) is 17.6 Å². The van der Waals surface area contributed by atoms with Crippen LogP contribution in [-0.4, -0.2) is 82.1 Å². The Kier molecular flexibility index (Phi) is 6.71. The first-order valence-electron chi connectivity index (χ1n) is 11.1. The van der Waals surface area contributed by atoms with E-state index in [0.29, 0.717) is 12.1 Å². The van der Waals surface area contributed by atoms with Gasteiger partial charge in [-0.25, -0.2) is 0 Å². The van der Waals surface area contributed by atoms with Crippen molar-refractivity contribution in [3.05, 3.63) is 45.9 Å². The molecular formula is C24H30ClN3O7. The van der Waals surface area contributed by atoms with Gasteiger partial charge in [0.2, 0.25) is 5.78 Å². The van der Waals surface area contributed by atoms with Gasteiger partial charge in [0, 0.05) is 30.8 Å². The quantitative estimate of drug-likeness (QED) is 0.374. The zero-order chi connectivity index (χ0) is 25.3. The van der Waals surface area contributed by atoms with Gasteiger partial charge in [-0.15, -0.1) is 12.4 Å². The van der Waals surface area contributed by atoms with Gasteiger partial charge in [-0.2, -0.15) is 0 Å². The molecule has 3 aliphatic rings. The number of phenolic OH excluding ortho intramolecular Hbond substituents is 1. The lowest BCUT2D eigenvalue weighted by Gasteiger charge is -2.50. The molecular weight excluding hydrogens is 478 g/mol. The number of aliphatic hydroxyl groups excluding tert-OH is 2. The van der Waals surface area contributed by atoms with Crippen molar-refractivity contribution >= 4 is 35.6 Å². The Morgan fingerprint density at radius 1 is 1.17 bits per heavy atom. The molecule has 190 valence electrons. The molecule has 0 aromatic heterocycles. The largest absolute Gasteiger partial charge is 0.510 e. The lowest BCUT2D eigenvalue weighted by molar-refractivity contribution is -0.148. The smallest absolute Gasteiger partial charge is 0.255 e. The highest BCUT2D eigenvalue weighted by Gasteiger charge is 2.63. The zero-order valence-electron chi connectivity index (χ0n) is 19.9. The number of fused-ring (bicyclic) bond motifs is 3. The average Bonchev–Trinajstić information content (AvgIpc) is 2.75. The minimum absolute atomic E-state index is 0. The number of carbonyl (C=O) groups is 3. The molecule has 0 bridgehead atoms. The van der Waals surface area contributed by atoms with Crippen molar-refractivity contribution in [1.82, 2.24) is 4.90 Å². The number of benzene rings is 1. The molecule has 0 radical (unpaired) electrons. The molecule has 0 saturated carbocycles. The molecule has 0 heterocycles. The highest BCUT2D eigenvalue weighted by Crippen LogP contribution is 2.53. The summed E-state index contributed by atoms with van der Waals surface area (Å²) in [6, 6.07) is 2.11. The van der Waals surface area contributed by atoms with Crippen molar-refractivity contribution in [2.45, 2.75) is 31.4 Å². The van der Waals surface area contributed by atoms with Crippen LogP contribution in [0, 0.1) is 11.8 Å². The Labute approximate surface area is 208 Å². The highest BCUT2D eigenvalue weighted by atomic mass is 35.5. The summed E-state index contributed by atoms with van der Waals surface area (Å²) < 4.78 is 0. The molecule has 0 spiro atoms. The number of amides is 1. The molecule has 11 heteroatoms. The standard InChI is InChI=1S/C24H29N3O7.ClH/c1-5-27(4)13-6-7-14(28)16-11(13)8-10-9-12-18(26(2)3)20(30)17(23(25)33)22(32)24(12,34)21(31)15(10)19(16)29;/h6-7,10,12,18,28,30-31,34H,5,8-9H2,1-4H3,(H2,25,33);1H/t10?,12?,18-,24?;/m0./s1. The number of halogens is 1. The minimum Gasteiger partial charge on any atom is -0.510 e. The van der Waals surface area contributed by atoms with Crippen LogP contribution < -0.4 is 10.6 Å². The molecule has 4 rings (SSSR count). The number of carbonyl (C=O) groups excluding carboxylic acids is 3. The fraction of sp³-hybridized carbons (Fsp3) is 0.458. The number of allylic oxidation sites excluding steroid dienone is 1. The second kappa shape index (κ2) is 8.85. The number of Topliss-reactive ketones (excluding diaryl/α,β-unsaturated/α-hetero) is 2. The molecule has 6 N–H and O–H groups in total. The van der Waals surface area contributed by atoms with Crippen LogP contribution in [0.5, 0.6) is 5.75 Å². The molecule has 35 heavy (non-hydrogen) atoms. The van der Waals surface area contributed by atoms with Crippen molar-refractivity contribution in [3.8, 4) is 5.75 Å². The molecule has 10 nitrogen and oxygen atoms in total. The maximum atomic E-state index is 13.6. The Balaban J connectivity index is 0.00000342. The first-order valence-corrected chi connectivity index (χ1v) is 11.1. The third-order valence-corrected chi connectivity index (χ3v) is 7.47. The number of aliphatic hydroxyl groups is 3. The number of hydrogen-bond donors (Lipinski definition) is 5. The van der Waals surface area contributed by atoms with E-state index in [0.717, 1.165) is 5.69 Å². The highest BCUT2D eigenvalue weighted by molar-refractivity contribution is 6.24. The molecule has 1 amide bonds. The number of hydrogen-bond acceptors (Lipinski definition) is 9. The normalized spacial score (nSPS) is 27.8. The fourth-order valence-electron chi connectivity index (χ4n) is 5.76. The van der Waals surface area contributed by atoms with E-state index in [2.05, 4.69) is 0 Å². The van der Waals surface area contributed by atoms with Crippen molar-refractivity contribution < 1.29 is 34.8 Å². The van der Waals surface area contributed by atoms with Gasteiger partial charge in [0.15, 0.2) is 11.4 Å². The third-order valence-electron chi connectivity index (χ3n) is 7.47. The minimum atomic E-state index is -2.63. The van der Waals surface area contributed by atoms with E-state index in [1.807, 2.05) is 18.9 Å². The number of ketones is 2. The Morgan fingerprint density at radius 3 is 2.34 bits per heavy atom. The topological polar surface area (TPSA) is 165 Å². The van der Waals surface area contributed by atoms with Gasteiger partial charge in [0.05, 0.1) is 11.6 Å². The summed E-state index contributed by atoms with van der Waals surface area (Å²) in [5.41, 5.74) is 3.10. The number of nitrogens with zero attached hydrogens (tertiary/aromatic N) is 2. The molecule has 3 aliphatic carbocycles. The maximum Gasteiger partial charge on any atom is 0.255 e. The molecule has 0 saturated heterocycles. The summed E-state index contributed by atoms with van der Waals surface area (Å²) >= 11 is 0. The number of aromatic hydroxyl groups is 1. The van der Waals surface area contributed by atoms with Crippen molar-refractivity contribution in [1.29, 1.82) is 0 Å². The third kappa shape index (κ3) is 3.50. The molecule has 0 aliphatic heterocycles. The van der Waals surface area contributed by atoms with Crippen molar-refractivity contribution in [3.63, 3.8) is 0 Å². The van der Waals surface area contributed by atoms with Crippen LogP contribution in [0.4, 0.5) is 5.69 Å². The van der Waals surface area contributed by atoms with Gasteiger partial charge in [-0.1, -0.05) is 0 Å². The van der Waals surface area contributed by atoms with Crippen LogP contribution in [0.3, 0.4) is 0 Å². The van der Waals surface area contributed by atoms with Crippen LogP contribution in [0.1, 0.15) is 29.3 Å². The van der Waals surface area contributed by atoms with Gasteiger partial charge in [-0.05, 0) is 57.5 Å². The molecule has 4 atom stereocenters. The summed E-state index contributed by atoms with van der Waals surface area (Å²) in [5.74, 6) is -6.51. The van der Waals surface area contributed by atoms with Crippen LogP contribution in [-0.2, 0) is 16.0 Å². The van der Waals surface area contributed by atoms with E-state index in [-0.39, 0.29) is 42.1 Å². The number of phenols is 1. The molecule has 0 fully saturated rings. The maximum absolute atomic E-state index is 13.6. The monoisotopic (exact) mass is 507 g/mol. The van der Waals surface area contributed by atoms with Crippen LogP contribution in [0.15, 0.2) is 34.8 Å². The summed E-state index contributed by atoms with van der Waals surface area (Å²) in [6.45, 7) is 2.60. The first-order chi connectivity index (χ1) is 15.9. The predicted molar refractivity (Wildman–Crippen MR) is 130 cm³/mol. The van der Waals surface area contributed by atoms with Gasteiger partial charge < -0.3 is 31.1 Å². The molecule has 1 aromatic rings. The van der Waals surface area contributed by atoms with Crippen LogP contribution in [0.25, 0.3) is 0 Å². The second-order valence-electron chi connectivity index (χ2n) is 9.43. The van der Waals surface area contributed by atoms with E-state index in [1.165, 1.54) is 11.0 Å². The number of rotatable bonds is 4. The van der Waals surface area contributed by atoms with Gasteiger partial charge in [-0.3, -0.25) is 19.3 Å². The van der Waals surface area contributed by atoms with Crippen LogP contribution in [0.2, 0.25) is 0 Å². The molecule has 3 unspecified atom stereocenters.